The van der Waals surface area contributed by atoms with Crippen LogP contribution in [0.4, 0.5) is 0 Å². The first-order chi connectivity index (χ1) is 7.97. The molecule has 0 aliphatic heterocycles. The normalized spacial score (nSPS) is 14.3. The van der Waals surface area contributed by atoms with Crippen LogP contribution in [-0.4, -0.2) is 20.5 Å². The summed E-state index contributed by atoms with van der Waals surface area (Å²) in [4.78, 5) is 11.7. The van der Waals surface area contributed by atoms with Crippen molar-refractivity contribution in [2.24, 2.45) is 0 Å². The minimum atomic E-state index is -1.47. The van der Waals surface area contributed by atoms with E-state index < -0.39 is 22.0 Å². The number of hydrogen-bond donors (Lipinski definition) is 1. The molecule has 0 fully saturated rings. The fourth-order valence-corrected chi connectivity index (χ4v) is 3.04. The largest absolute Gasteiger partial charge is 0.480 e. The summed E-state index contributed by atoms with van der Waals surface area (Å²) in [5.74, 6) is -0.983. The number of benzene rings is 1. The Labute approximate surface area is 104 Å². The van der Waals surface area contributed by atoms with Crippen molar-refractivity contribution in [1.82, 2.24) is 0 Å². The van der Waals surface area contributed by atoms with E-state index in [2.05, 4.69) is 0 Å². The van der Waals surface area contributed by atoms with Crippen LogP contribution in [0, 0.1) is 13.8 Å². The van der Waals surface area contributed by atoms with Crippen LogP contribution in [0.2, 0.25) is 0 Å². The van der Waals surface area contributed by atoms with E-state index in [0.717, 1.165) is 11.1 Å². The van der Waals surface area contributed by atoms with Crippen molar-refractivity contribution in [1.29, 1.82) is 0 Å². The van der Waals surface area contributed by atoms with Crippen molar-refractivity contribution in [3.05, 3.63) is 29.3 Å². The minimum Gasteiger partial charge on any atom is -0.480 e. The molecule has 3 nitrogen and oxygen atoms in total. The third-order valence-electron chi connectivity index (χ3n) is 2.80. The number of carbonyl (C=O) groups is 1. The molecule has 0 aliphatic rings. The fraction of sp³-hybridized carbons (Fsp3) is 0.462. The first-order valence-corrected chi connectivity index (χ1v) is 6.89. The van der Waals surface area contributed by atoms with Gasteiger partial charge in [0, 0.05) is 4.90 Å². The van der Waals surface area contributed by atoms with Gasteiger partial charge in [0.25, 0.3) is 0 Å². The number of aryl methyl sites for hydroxylation is 2. The van der Waals surface area contributed by atoms with Gasteiger partial charge in [-0.2, -0.15) is 0 Å². The molecule has 0 saturated heterocycles. The highest BCUT2D eigenvalue weighted by Crippen LogP contribution is 2.18. The lowest BCUT2D eigenvalue weighted by atomic mass is 10.1. The van der Waals surface area contributed by atoms with E-state index in [9.17, 15) is 9.00 Å². The lowest BCUT2D eigenvalue weighted by Gasteiger charge is -2.12. The molecule has 0 spiro atoms. The molecule has 1 aromatic carbocycles. The third-order valence-corrected chi connectivity index (χ3v) is 4.47. The van der Waals surface area contributed by atoms with E-state index >= 15 is 0 Å². The van der Waals surface area contributed by atoms with Crippen LogP contribution >= 0.6 is 0 Å². The molecule has 1 rings (SSSR count). The Balaban J connectivity index is 3.01. The summed E-state index contributed by atoms with van der Waals surface area (Å²) in [6, 6.07) is 5.45. The quantitative estimate of drug-likeness (QED) is 0.879. The van der Waals surface area contributed by atoms with Crippen LogP contribution in [-0.2, 0) is 15.6 Å². The molecule has 4 heteroatoms. The number of carboxylic acids is 1. The summed E-state index contributed by atoms with van der Waals surface area (Å²) in [6.07, 6.45) is 1.16. The molecule has 0 amide bonds. The SMILES string of the molecule is CCCC(C(=O)O)S(=O)c1ccc(C)c(C)c1. The molecule has 0 radical (unpaired) electrons. The second kappa shape index (κ2) is 5.96. The Hall–Kier alpha value is -1.16. The molecule has 94 valence electrons. The monoisotopic (exact) mass is 254 g/mol. The van der Waals surface area contributed by atoms with Crippen LogP contribution in [0.15, 0.2) is 23.1 Å². The second-order valence-electron chi connectivity index (χ2n) is 4.16. The van der Waals surface area contributed by atoms with Crippen LogP contribution < -0.4 is 0 Å². The molecule has 0 aromatic heterocycles. The molecule has 0 aliphatic carbocycles. The zero-order chi connectivity index (χ0) is 13.0. The van der Waals surface area contributed by atoms with E-state index in [1.165, 1.54) is 0 Å². The van der Waals surface area contributed by atoms with Gasteiger partial charge in [0.05, 0.1) is 10.8 Å². The number of carboxylic acid groups (broad SMARTS) is 1. The first kappa shape index (κ1) is 13.9. The van der Waals surface area contributed by atoms with Crippen LogP contribution in [0.25, 0.3) is 0 Å². The molecular formula is C13H18O3S. The first-order valence-electron chi connectivity index (χ1n) is 5.68. The van der Waals surface area contributed by atoms with Gasteiger partial charge in [-0.05, 0) is 43.5 Å². The van der Waals surface area contributed by atoms with E-state index in [1.54, 1.807) is 6.07 Å². The van der Waals surface area contributed by atoms with E-state index in [0.29, 0.717) is 17.7 Å². The maximum atomic E-state index is 12.2. The Bertz CT molecular complexity index is 440. The second-order valence-corrected chi connectivity index (χ2v) is 5.79. The van der Waals surface area contributed by atoms with Crippen molar-refractivity contribution in [3.63, 3.8) is 0 Å². The van der Waals surface area contributed by atoms with Gasteiger partial charge in [0.1, 0.15) is 5.25 Å². The van der Waals surface area contributed by atoms with E-state index in [-0.39, 0.29) is 0 Å². The van der Waals surface area contributed by atoms with Crippen molar-refractivity contribution in [3.8, 4) is 0 Å². The molecule has 1 N–H and O–H groups in total. The zero-order valence-electron chi connectivity index (χ0n) is 10.4. The standard InChI is InChI=1S/C13H18O3S/c1-4-5-12(13(14)15)17(16)11-7-6-9(2)10(3)8-11/h6-8,12H,4-5H2,1-3H3,(H,14,15). The third kappa shape index (κ3) is 3.40. The van der Waals surface area contributed by atoms with Crippen molar-refractivity contribution in [2.75, 3.05) is 0 Å². The van der Waals surface area contributed by atoms with Gasteiger partial charge in [-0.3, -0.25) is 9.00 Å². The molecule has 2 atom stereocenters. The molecule has 1 aromatic rings. The Morgan fingerprint density at radius 2 is 2.00 bits per heavy atom. The predicted octanol–water partition coefficient (Wildman–Crippen LogP) is 2.66. The molecule has 0 heterocycles. The lowest BCUT2D eigenvalue weighted by molar-refractivity contribution is -0.136. The van der Waals surface area contributed by atoms with Crippen LogP contribution in [0.5, 0.6) is 0 Å². The highest BCUT2D eigenvalue weighted by Gasteiger charge is 2.25. The zero-order valence-corrected chi connectivity index (χ0v) is 11.2. The Kier molecular flexibility index (Phi) is 4.87. The highest BCUT2D eigenvalue weighted by atomic mass is 32.2. The van der Waals surface area contributed by atoms with Crippen molar-refractivity contribution >= 4 is 16.8 Å². The Morgan fingerprint density at radius 3 is 2.47 bits per heavy atom. The molecule has 2 unspecified atom stereocenters. The molecule has 0 bridgehead atoms. The fourth-order valence-electron chi connectivity index (χ4n) is 1.59. The maximum absolute atomic E-state index is 12.2. The molecular weight excluding hydrogens is 236 g/mol. The van der Waals surface area contributed by atoms with Gasteiger partial charge in [-0.25, -0.2) is 0 Å². The maximum Gasteiger partial charge on any atom is 0.319 e. The predicted molar refractivity (Wildman–Crippen MR) is 68.7 cm³/mol. The van der Waals surface area contributed by atoms with Crippen molar-refractivity contribution in [2.45, 2.75) is 43.8 Å². The van der Waals surface area contributed by atoms with Crippen molar-refractivity contribution < 1.29 is 14.1 Å². The van der Waals surface area contributed by atoms with Gasteiger partial charge in [-0.15, -0.1) is 0 Å². The summed E-state index contributed by atoms with van der Waals surface area (Å²) < 4.78 is 12.2. The summed E-state index contributed by atoms with van der Waals surface area (Å²) in [7, 11) is -1.47. The number of aliphatic carboxylic acids is 1. The summed E-state index contributed by atoms with van der Waals surface area (Å²) >= 11 is 0. The van der Waals surface area contributed by atoms with Crippen LogP contribution in [0.1, 0.15) is 30.9 Å². The van der Waals surface area contributed by atoms with E-state index in [4.69, 9.17) is 5.11 Å². The lowest BCUT2D eigenvalue weighted by Crippen LogP contribution is -2.25. The average Bonchev–Trinajstić information content (AvgIpc) is 2.28. The van der Waals surface area contributed by atoms with Gasteiger partial charge in [-0.1, -0.05) is 19.4 Å². The highest BCUT2D eigenvalue weighted by molar-refractivity contribution is 7.86. The summed E-state index contributed by atoms with van der Waals surface area (Å²) in [5, 5.41) is 8.26. The van der Waals surface area contributed by atoms with Gasteiger partial charge >= 0.3 is 5.97 Å². The van der Waals surface area contributed by atoms with E-state index in [1.807, 2.05) is 32.9 Å². The number of hydrogen-bond acceptors (Lipinski definition) is 2. The van der Waals surface area contributed by atoms with Crippen LogP contribution in [0.3, 0.4) is 0 Å². The average molecular weight is 254 g/mol. The van der Waals surface area contributed by atoms with Gasteiger partial charge in [0.15, 0.2) is 0 Å². The summed E-state index contributed by atoms with van der Waals surface area (Å²) in [5.41, 5.74) is 2.16. The number of rotatable bonds is 5. The minimum absolute atomic E-state index is 0.439. The van der Waals surface area contributed by atoms with Gasteiger partial charge in [0.2, 0.25) is 0 Å². The Morgan fingerprint density at radius 1 is 1.35 bits per heavy atom. The smallest absolute Gasteiger partial charge is 0.319 e. The molecule has 17 heavy (non-hydrogen) atoms. The topological polar surface area (TPSA) is 54.4 Å². The van der Waals surface area contributed by atoms with Gasteiger partial charge < -0.3 is 5.11 Å². The summed E-state index contributed by atoms with van der Waals surface area (Å²) in [6.45, 7) is 5.81. The molecule has 0 saturated carbocycles.